The third-order valence-corrected chi connectivity index (χ3v) is 4.97. The molecule has 0 saturated heterocycles. The van der Waals surface area contributed by atoms with E-state index in [0.29, 0.717) is 28.6 Å². The highest BCUT2D eigenvalue weighted by Crippen LogP contribution is 2.40. The monoisotopic (exact) mass is 425 g/mol. The van der Waals surface area contributed by atoms with Crippen LogP contribution in [0.5, 0.6) is 0 Å². The minimum Gasteiger partial charge on any atom is -0.279 e. The molecule has 11 nitrogen and oxygen atoms in total. The second-order valence-corrected chi connectivity index (χ2v) is 9.57. The van der Waals surface area contributed by atoms with Crippen LogP contribution in [0.2, 0.25) is 0 Å². The molecule has 0 bridgehead atoms. The van der Waals surface area contributed by atoms with Crippen molar-refractivity contribution in [3.8, 4) is 0 Å². The first kappa shape index (κ1) is 22.1. The van der Waals surface area contributed by atoms with Crippen LogP contribution in [-0.4, -0.2) is 28.5 Å². The maximum atomic E-state index is 12.7. The largest absolute Gasteiger partial charge is 0.354 e. The van der Waals surface area contributed by atoms with Gasteiger partial charge in [0.1, 0.15) is 0 Å². The number of aryl methyl sites for hydroxylation is 2. The summed E-state index contributed by atoms with van der Waals surface area (Å²) in [5.41, 5.74) is 0.110. The molecular weight excluding hydrogens is 398 g/mol. The SMILES string of the molecule is [C-]#[N+]c1c(C(C)(C)C)nn(C)c1N=Nc1c(C(C)(C)C)nn2c(=O)n(C)c(=O)n(C)c12. The van der Waals surface area contributed by atoms with Gasteiger partial charge in [0, 0.05) is 26.6 Å². The first-order valence-electron chi connectivity index (χ1n) is 9.76. The highest BCUT2D eigenvalue weighted by Gasteiger charge is 2.29. The molecule has 0 aliphatic rings. The van der Waals surface area contributed by atoms with E-state index < -0.39 is 16.8 Å². The highest BCUT2D eigenvalue weighted by molar-refractivity contribution is 5.70. The van der Waals surface area contributed by atoms with Gasteiger partial charge in [0.25, 0.3) is 5.69 Å². The van der Waals surface area contributed by atoms with Crippen LogP contribution in [0.15, 0.2) is 19.8 Å². The Balaban J connectivity index is 2.37. The van der Waals surface area contributed by atoms with Gasteiger partial charge in [-0.15, -0.1) is 10.2 Å². The Kier molecular flexibility index (Phi) is 5.00. The Morgan fingerprint density at radius 1 is 0.839 bits per heavy atom. The van der Waals surface area contributed by atoms with E-state index in [-0.39, 0.29) is 11.1 Å². The molecule has 3 aromatic heterocycles. The molecule has 0 N–H and O–H groups in total. The fourth-order valence-electron chi connectivity index (χ4n) is 3.29. The van der Waals surface area contributed by atoms with E-state index in [2.05, 4.69) is 25.3 Å². The molecule has 0 atom stereocenters. The highest BCUT2D eigenvalue weighted by atomic mass is 16.2. The molecule has 11 heteroatoms. The van der Waals surface area contributed by atoms with Crippen molar-refractivity contribution < 1.29 is 0 Å². The Bertz CT molecular complexity index is 1380. The quantitative estimate of drug-likeness (QED) is 0.464. The van der Waals surface area contributed by atoms with Crippen molar-refractivity contribution in [2.24, 2.45) is 31.4 Å². The molecule has 3 heterocycles. The van der Waals surface area contributed by atoms with Crippen molar-refractivity contribution in [3.05, 3.63) is 43.8 Å². The third kappa shape index (κ3) is 3.48. The molecule has 164 valence electrons. The Morgan fingerprint density at radius 2 is 1.42 bits per heavy atom. The van der Waals surface area contributed by atoms with E-state index in [1.54, 1.807) is 14.1 Å². The lowest BCUT2D eigenvalue weighted by atomic mass is 9.91. The molecule has 0 aliphatic carbocycles. The molecular formula is C20H27N9O2. The Hall–Kier alpha value is -3.55. The fraction of sp³-hybridized carbons (Fsp3) is 0.550. The molecule has 0 aliphatic heterocycles. The van der Waals surface area contributed by atoms with Crippen LogP contribution in [0, 0.1) is 6.57 Å². The number of hydrogen-bond acceptors (Lipinski definition) is 6. The summed E-state index contributed by atoms with van der Waals surface area (Å²) in [6.45, 7) is 19.3. The normalized spacial score (nSPS) is 12.8. The number of rotatable bonds is 2. The van der Waals surface area contributed by atoms with Crippen molar-refractivity contribution in [2.45, 2.75) is 52.4 Å². The molecule has 0 saturated carbocycles. The van der Waals surface area contributed by atoms with Gasteiger partial charge in [0.2, 0.25) is 0 Å². The molecule has 0 aromatic carbocycles. The van der Waals surface area contributed by atoms with Gasteiger partial charge < -0.3 is 0 Å². The average molecular weight is 425 g/mol. The van der Waals surface area contributed by atoms with Gasteiger partial charge >= 0.3 is 11.4 Å². The van der Waals surface area contributed by atoms with Crippen LogP contribution < -0.4 is 11.4 Å². The third-order valence-electron chi connectivity index (χ3n) is 4.97. The van der Waals surface area contributed by atoms with Gasteiger partial charge in [-0.1, -0.05) is 41.5 Å². The van der Waals surface area contributed by atoms with Crippen LogP contribution >= 0.6 is 0 Å². The van der Waals surface area contributed by atoms with E-state index in [0.717, 1.165) is 9.08 Å². The van der Waals surface area contributed by atoms with E-state index in [9.17, 15) is 9.59 Å². The van der Waals surface area contributed by atoms with Crippen molar-refractivity contribution in [1.82, 2.24) is 28.5 Å². The predicted molar refractivity (Wildman–Crippen MR) is 117 cm³/mol. The summed E-state index contributed by atoms with van der Waals surface area (Å²) in [4.78, 5) is 28.8. The lowest BCUT2D eigenvalue weighted by Crippen LogP contribution is -2.41. The summed E-state index contributed by atoms with van der Waals surface area (Å²) in [7, 11) is 4.65. The second-order valence-electron chi connectivity index (χ2n) is 9.57. The average Bonchev–Trinajstić information content (AvgIpc) is 3.20. The fourth-order valence-corrected chi connectivity index (χ4v) is 3.29. The minimum atomic E-state index is -0.567. The number of hydrogen-bond donors (Lipinski definition) is 0. The summed E-state index contributed by atoms with van der Waals surface area (Å²) >= 11 is 0. The predicted octanol–water partition coefficient (Wildman–Crippen LogP) is 3.03. The van der Waals surface area contributed by atoms with Crippen molar-refractivity contribution in [1.29, 1.82) is 0 Å². The number of fused-ring (bicyclic) bond motifs is 1. The summed E-state index contributed by atoms with van der Waals surface area (Å²) in [6.07, 6.45) is 0. The van der Waals surface area contributed by atoms with Crippen LogP contribution in [0.4, 0.5) is 17.2 Å². The molecule has 3 aromatic rings. The van der Waals surface area contributed by atoms with Crippen LogP contribution in [0.1, 0.15) is 52.9 Å². The Morgan fingerprint density at radius 3 is 1.94 bits per heavy atom. The van der Waals surface area contributed by atoms with E-state index in [4.69, 9.17) is 6.57 Å². The van der Waals surface area contributed by atoms with Crippen LogP contribution in [0.3, 0.4) is 0 Å². The van der Waals surface area contributed by atoms with Gasteiger partial charge in [-0.3, -0.25) is 9.25 Å². The summed E-state index contributed by atoms with van der Waals surface area (Å²) in [5.74, 6) is 0.299. The summed E-state index contributed by atoms with van der Waals surface area (Å²) in [6, 6.07) is 0. The molecule has 0 fully saturated rings. The first-order valence-corrected chi connectivity index (χ1v) is 9.76. The molecule has 0 spiro atoms. The van der Waals surface area contributed by atoms with Gasteiger partial charge in [-0.25, -0.2) is 19.0 Å². The first-order chi connectivity index (χ1) is 14.2. The molecule has 0 unspecified atom stereocenters. The van der Waals surface area contributed by atoms with Crippen LogP contribution in [-0.2, 0) is 32.0 Å². The van der Waals surface area contributed by atoms with Gasteiger partial charge in [-0.05, 0) is 5.41 Å². The van der Waals surface area contributed by atoms with E-state index in [1.165, 1.54) is 16.3 Å². The van der Waals surface area contributed by atoms with E-state index >= 15 is 0 Å². The van der Waals surface area contributed by atoms with Crippen molar-refractivity contribution >= 4 is 22.8 Å². The maximum Gasteiger partial charge on any atom is 0.354 e. The topological polar surface area (TPSA) is 108 Å². The Labute approximate surface area is 179 Å². The molecule has 0 amide bonds. The van der Waals surface area contributed by atoms with E-state index in [1.807, 2.05) is 41.5 Å². The number of azo groups is 1. The standard InChI is InChI=1S/C20H27N9O2/c1-19(2,3)13-11(21-7)15(28(10)24-13)23-22-12-14(20(4,5)6)25-29-16(12)26(8)17(30)27(9)18(29)31/h1-6,8-10H3. The summed E-state index contributed by atoms with van der Waals surface area (Å²) < 4.78 is 4.98. The summed E-state index contributed by atoms with van der Waals surface area (Å²) in [5, 5.41) is 17.7. The number of nitrogens with zero attached hydrogens (tertiary/aromatic N) is 9. The zero-order valence-corrected chi connectivity index (χ0v) is 19.3. The van der Waals surface area contributed by atoms with Gasteiger partial charge in [0.05, 0.1) is 18.0 Å². The van der Waals surface area contributed by atoms with Crippen molar-refractivity contribution in [3.63, 3.8) is 0 Å². The van der Waals surface area contributed by atoms with Gasteiger partial charge in [0.15, 0.2) is 17.2 Å². The molecule has 31 heavy (non-hydrogen) atoms. The minimum absolute atomic E-state index is 0.240. The van der Waals surface area contributed by atoms with Crippen molar-refractivity contribution in [2.75, 3.05) is 0 Å². The maximum absolute atomic E-state index is 12.7. The lowest BCUT2D eigenvalue weighted by molar-refractivity contribution is 0.554. The van der Waals surface area contributed by atoms with Crippen LogP contribution in [0.25, 0.3) is 10.5 Å². The van der Waals surface area contributed by atoms with Gasteiger partial charge in [-0.2, -0.15) is 14.7 Å². The zero-order valence-electron chi connectivity index (χ0n) is 19.3. The molecule has 3 rings (SSSR count). The number of aromatic nitrogens is 6. The smallest absolute Gasteiger partial charge is 0.279 e. The lowest BCUT2D eigenvalue weighted by Gasteiger charge is -2.15. The zero-order chi connectivity index (χ0) is 23.5. The second kappa shape index (κ2) is 7.01. The molecule has 0 radical (unpaired) electrons.